The molecule has 1 aliphatic rings. The average molecular weight is 314 g/mol. The van der Waals surface area contributed by atoms with Crippen LogP contribution in [0.25, 0.3) is 0 Å². The Hall–Kier alpha value is -1.67. The number of rotatable bonds is 5. The van der Waals surface area contributed by atoms with Crippen LogP contribution in [0.2, 0.25) is 0 Å². The van der Waals surface area contributed by atoms with Crippen molar-refractivity contribution in [1.82, 2.24) is 0 Å². The van der Waals surface area contributed by atoms with E-state index in [0.29, 0.717) is 11.3 Å². The van der Waals surface area contributed by atoms with Gasteiger partial charge in [0.15, 0.2) is 0 Å². The molecule has 0 fully saturated rings. The maximum absolute atomic E-state index is 10.0. The number of aliphatic hydroxyl groups excluding tert-OH is 1. The molecule has 0 spiro atoms. The van der Waals surface area contributed by atoms with E-state index >= 15 is 0 Å². The summed E-state index contributed by atoms with van der Waals surface area (Å²) in [5.41, 5.74) is 3.76. The van der Waals surface area contributed by atoms with Gasteiger partial charge in [0.1, 0.15) is 6.29 Å². The number of hydrogen-bond acceptors (Lipinski definition) is 2. The molecule has 1 aliphatic carbocycles. The van der Waals surface area contributed by atoms with E-state index in [1.54, 1.807) is 12.1 Å². The zero-order valence-electron chi connectivity index (χ0n) is 14.9. The molecule has 0 saturated carbocycles. The van der Waals surface area contributed by atoms with E-state index in [0.717, 1.165) is 24.7 Å². The smallest absolute Gasteiger partial charge is 0.150 e. The van der Waals surface area contributed by atoms with Crippen molar-refractivity contribution >= 4 is 6.29 Å². The van der Waals surface area contributed by atoms with Crippen LogP contribution < -0.4 is 0 Å². The third kappa shape index (κ3) is 5.80. The number of allylic oxidation sites excluding steroid dienone is 3. The summed E-state index contributed by atoms with van der Waals surface area (Å²) in [4.78, 5) is 10.0. The fourth-order valence-electron chi connectivity index (χ4n) is 2.75. The van der Waals surface area contributed by atoms with Crippen molar-refractivity contribution in [3.63, 3.8) is 0 Å². The standard InChI is InChI=1S/C14H24O.C7H6O/c1-5-12(10-15)7-9-13-8-6-11(2)14(13,3)4;8-6-7-4-2-1-3-5-7/h6-7,13,15H,5,8-10H2,1-4H3;1-6H. The Kier molecular flexibility index (Phi) is 7.97. The maximum atomic E-state index is 10.0. The molecule has 1 unspecified atom stereocenters. The van der Waals surface area contributed by atoms with Gasteiger partial charge in [0, 0.05) is 5.56 Å². The van der Waals surface area contributed by atoms with Gasteiger partial charge < -0.3 is 5.11 Å². The van der Waals surface area contributed by atoms with Crippen LogP contribution in [0.4, 0.5) is 0 Å². The number of aliphatic hydroxyl groups is 1. The Labute approximate surface area is 140 Å². The normalized spacial score (nSPS) is 19.6. The van der Waals surface area contributed by atoms with E-state index in [1.165, 1.54) is 17.6 Å². The first-order valence-electron chi connectivity index (χ1n) is 8.41. The highest BCUT2D eigenvalue weighted by Gasteiger charge is 2.33. The molecule has 1 aromatic carbocycles. The maximum Gasteiger partial charge on any atom is 0.150 e. The first-order chi connectivity index (χ1) is 11.0. The predicted octanol–water partition coefficient (Wildman–Crippen LogP) is 5.20. The average Bonchev–Trinajstić information content (AvgIpc) is 2.83. The Morgan fingerprint density at radius 1 is 1.30 bits per heavy atom. The third-order valence-electron chi connectivity index (χ3n) is 5.03. The molecule has 0 aromatic heterocycles. The van der Waals surface area contributed by atoms with Gasteiger partial charge in [-0.3, -0.25) is 4.79 Å². The molecule has 0 heterocycles. The van der Waals surface area contributed by atoms with E-state index in [1.807, 2.05) is 18.2 Å². The minimum atomic E-state index is 0.218. The van der Waals surface area contributed by atoms with Gasteiger partial charge in [-0.15, -0.1) is 0 Å². The molecular weight excluding hydrogens is 284 g/mol. The summed E-state index contributed by atoms with van der Waals surface area (Å²) in [6.45, 7) is 9.21. The quantitative estimate of drug-likeness (QED) is 0.599. The van der Waals surface area contributed by atoms with E-state index in [4.69, 9.17) is 5.11 Å². The van der Waals surface area contributed by atoms with Crippen LogP contribution >= 0.6 is 0 Å². The molecule has 1 atom stereocenters. The van der Waals surface area contributed by atoms with Crippen LogP contribution in [0.5, 0.6) is 0 Å². The third-order valence-corrected chi connectivity index (χ3v) is 5.03. The minimum Gasteiger partial charge on any atom is -0.392 e. The first kappa shape index (κ1) is 19.4. The van der Waals surface area contributed by atoms with Crippen molar-refractivity contribution in [3.8, 4) is 0 Å². The SMILES string of the molecule is CCC(=CCC1CC=C(C)C1(C)C)CO.O=Cc1ccccc1. The summed E-state index contributed by atoms with van der Waals surface area (Å²) in [7, 11) is 0. The Bertz CT molecular complexity index is 532. The van der Waals surface area contributed by atoms with Crippen molar-refractivity contribution in [3.05, 3.63) is 59.2 Å². The molecule has 0 aliphatic heterocycles. The Balaban J connectivity index is 0.000000277. The number of hydrogen-bond donors (Lipinski definition) is 1. The second-order valence-electron chi connectivity index (χ2n) is 6.68. The molecule has 0 saturated heterocycles. The van der Waals surface area contributed by atoms with Crippen molar-refractivity contribution < 1.29 is 9.90 Å². The van der Waals surface area contributed by atoms with Gasteiger partial charge in [-0.2, -0.15) is 0 Å². The predicted molar refractivity (Wildman–Crippen MR) is 97.6 cm³/mol. The molecular formula is C21H30O2. The number of carbonyl (C=O) groups excluding carboxylic acids is 1. The van der Waals surface area contributed by atoms with Gasteiger partial charge in [-0.25, -0.2) is 0 Å². The van der Waals surface area contributed by atoms with E-state index in [9.17, 15) is 4.79 Å². The van der Waals surface area contributed by atoms with Crippen LogP contribution in [0.15, 0.2) is 53.6 Å². The van der Waals surface area contributed by atoms with Gasteiger partial charge in [-0.1, -0.05) is 68.8 Å². The van der Waals surface area contributed by atoms with Crippen LogP contribution in [-0.2, 0) is 0 Å². The lowest BCUT2D eigenvalue weighted by atomic mass is 9.76. The van der Waals surface area contributed by atoms with Gasteiger partial charge in [-0.05, 0) is 43.1 Å². The largest absolute Gasteiger partial charge is 0.392 e. The Morgan fingerprint density at radius 3 is 2.35 bits per heavy atom. The summed E-state index contributed by atoms with van der Waals surface area (Å²) in [5, 5.41) is 9.10. The van der Waals surface area contributed by atoms with Crippen molar-refractivity contribution in [2.75, 3.05) is 6.61 Å². The number of aldehydes is 1. The molecule has 1 aromatic rings. The van der Waals surface area contributed by atoms with E-state index in [2.05, 4.69) is 39.8 Å². The van der Waals surface area contributed by atoms with Gasteiger partial charge in [0.05, 0.1) is 6.61 Å². The molecule has 0 radical (unpaired) electrons. The van der Waals surface area contributed by atoms with Crippen molar-refractivity contribution in [1.29, 1.82) is 0 Å². The van der Waals surface area contributed by atoms with Crippen molar-refractivity contribution in [2.45, 2.75) is 47.0 Å². The Morgan fingerprint density at radius 2 is 1.96 bits per heavy atom. The molecule has 1 N–H and O–H groups in total. The van der Waals surface area contributed by atoms with Gasteiger partial charge >= 0.3 is 0 Å². The highest BCUT2D eigenvalue weighted by Crippen LogP contribution is 2.44. The monoisotopic (exact) mass is 314 g/mol. The van der Waals surface area contributed by atoms with Gasteiger partial charge in [0.2, 0.25) is 0 Å². The lowest BCUT2D eigenvalue weighted by Crippen LogP contribution is -2.19. The highest BCUT2D eigenvalue weighted by molar-refractivity contribution is 5.74. The summed E-state index contributed by atoms with van der Waals surface area (Å²) >= 11 is 0. The minimum absolute atomic E-state index is 0.218. The van der Waals surface area contributed by atoms with Crippen LogP contribution in [-0.4, -0.2) is 18.0 Å². The lowest BCUT2D eigenvalue weighted by Gasteiger charge is -2.29. The van der Waals surface area contributed by atoms with Crippen LogP contribution in [0.3, 0.4) is 0 Å². The molecule has 126 valence electrons. The molecule has 23 heavy (non-hydrogen) atoms. The summed E-state index contributed by atoms with van der Waals surface area (Å²) in [6, 6.07) is 9.10. The summed E-state index contributed by atoms with van der Waals surface area (Å²) in [6.07, 6.45) is 8.69. The van der Waals surface area contributed by atoms with E-state index < -0.39 is 0 Å². The second-order valence-corrected chi connectivity index (χ2v) is 6.68. The van der Waals surface area contributed by atoms with Gasteiger partial charge in [0.25, 0.3) is 0 Å². The topological polar surface area (TPSA) is 37.3 Å². The van der Waals surface area contributed by atoms with E-state index in [-0.39, 0.29) is 6.61 Å². The van der Waals surface area contributed by atoms with Crippen molar-refractivity contribution in [2.24, 2.45) is 11.3 Å². The van der Waals surface area contributed by atoms with Crippen LogP contribution in [0, 0.1) is 11.3 Å². The zero-order chi connectivity index (χ0) is 17.3. The second kappa shape index (κ2) is 9.46. The number of benzene rings is 1. The fraction of sp³-hybridized carbons (Fsp3) is 0.476. The lowest BCUT2D eigenvalue weighted by molar-refractivity contribution is 0.112. The molecule has 0 bridgehead atoms. The molecule has 2 rings (SSSR count). The van der Waals surface area contributed by atoms with Crippen LogP contribution in [0.1, 0.15) is 57.3 Å². The fourth-order valence-corrected chi connectivity index (χ4v) is 2.75. The number of carbonyl (C=O) groups is 1. The molecule has 2 nitrogen and oxygen atoms in total. The summed E-state index contributed by atoms with van der Waals surface area (Å²) < 4.78 is 0. The summed E-state index contributed by atoms with van der Waals surface area (Å²) in [5.74, 6) is 0.714. The highest BCUT2D eigenvalue weighted by atomic mass is 16.3. The molecule has 0 amide bonds. The molecule has 2 heteroatoms. The zero-order valence-corrected chi connectivity index (χ0v) is 14.9. The first-order valence-corrected chi connectivity index (χ1v) is 8.41.